The van der Waals surface area contributed by atoms with Gasteiger partial charge in [-0.25, -0.2) is 0 Å². The first kappa shape index (κ1) is 18.7. The number of ether oxygens (including phenoxy) is 1. The number of guanidine groups is 1. The summed E-state index contributed by atoms with van der Waals surface area (Å²) in [6, 6.07) is 14.8. The summed E-state index contributed by atoms with van der Waals surface area (Å²) < 4.78 is 5.55. The van der Waals surface area contributed by atoms with Gasteiger partial charge in [-0.15, -0.1) is 0 Å². The summed E-state index contributed by atoms with van der Waals surface area (Å²) >= 11 is 0. The van der Waals surface area contributed by atoms with Crippen molar-refractivity contribution in [3.63, 3.8) is 0 Å². The van der Waals surface area contributed by atoms with E-state index in [0.717, 1.165) is 38.4 Å². The Labute approximate surface area is 166 Å². The van der Waals surface area contributed by atoms with Crippen LogP contribution in [0, 0.1) is 0 Å². The molecule has 0 aromatic heterocycles. The molecule has 1 N–H and O–H groups in total. The first-order valence-corrected chi connectivity index (χ1v) is 10.1. The highest BCUT2D eigenvalue weighted by atomic mass is 16.5. The molecule has 4 rings (SSSR count). The van der Waals surface area contributed by atoms with Crippen molar-refractivity contribution in [2.24, 2.45) is 4.99 Å². The topological polar surface area (TPSA) is 57.2 Å². The molecule has 148 valence electrons. The van der Waals surface area contributed by atoms with Crippen LogP contribution >= 0.6 is 0 Å². The second-order valence-corrected chi connectivity index (χ2v) is 7.35. The van der Waals surface area contributed by atoms with Crippen molar-refractivity contribution in [2.45, 2.75) is 25.5 Å². The molecule has 2 heterocycles. The van der Waals surface area contributed by atoms with Gasteiger partial charge in [0.2, 0.25) is 0 Å². The Hall–Kier alpha value is -2.60. The number of benzene rings is 2. The Balaban J connectivity index is 1.34. The minimum absolute atomic E-state index is 0.149. The molecule has 6 heteroatoms. The lowest BCUT2D eigenvalue weighted by Gasteiger charge is -2.37. The van der Waals surface area contributed by atoms with E-state index in [2.05, 4.69) is 57.7 Å². The van der Waals surface area contributed by atoms with Crippen molar-refractivity contribution < 1.29 is 9.53 Å². The molecule has 0 saturated carbocycles. The van der Waals surface area contributed by atoms with E-state index in [1.165, 1.54) is 16.3 Å². The van der Waals surface area contributed by atoms with Crippen LogP contribution in [0.15, 0.2) is 47.5 Å². The maximum Gasteiger partial charge on any atom is 0.251 e. The summed E-state index contributed by atoms with van der Waals surface area (Å²) in [5.41, 5.74) is 1.26. The highest BCUT2D eigenvalue weighted by Gasteiger charge is 2.30. The Bertz CT molecular complexity index is 847. The van der Waals surface area contributed by atoms with Crippen LogP contribution in [-0.2, 0) is 16.1 Å². The molecule has 0 radical (unpaired) electrons. The van der Waals surface area contributed by atoms with Gasteiger partial charge in [-0.2, -0.15) is 0 Å². The number of fused-ring (bicyclic) bond motifs is 1. The van der Waals surface area contributed by atoms with Crippen LogP contribution in [0.4, 0.5) is 0 Å². The minimum atomic E-state index is -0.227. The fourth-order valence-electron chi connectivity index (χ4n) is 4.07. The average Bonchev–Trinajstić information content (AvgIpc) is 3.29. The number of rotatable bonds is 3. The van der Waals surface area contributed by atoms with Crippen LogP contribution in [0.1, 0.15) is 18.4 Å². The van der Waals surface area contributed by atoms with Crippen LogP contribution < -0.4 is 5.32 Å². The van der Waals surface area contributed by atoms with E-state index in [-0.39, 0.29) is 12.0 Å². The van der Waals surface area contributed by atoms with E-state index >= 15 is 0 Å². The first-order valence-electron chi connectivity index (χ1n) is 10.1. The van der Waals surface area contributed by atoms with E-state index in [0.29, 0.717) is 19.7 Å². The quantitative estimate of drug-likeness (QED) is 0.655. The zero-order chi connectivity index (χ0) is 19.3. The Kier molecular flexibility index (Phi) is 5.76. The number of aliphatic imine (C=N–C) groups is 1. The molecule has 1 amide bonds. The smallest absolute Gasteiger partial charge is 0.251 e. The summed E-state index contributed by atoms with van der Waals surface area (Å²) in [5, 5.41) is 6.01. The van der Waals surface area contributed by atoms with Gasteiger partial charge in [0.1, 0.15) is 6.10 Å². The number of hydrogen-bond donors (Lipinski definition) is 1. The van der Waals surface area contributed by atoms with Crippen LogP contribution in [0.2, 0.25) is 0 Å². The Morgan fingerprint density at radius 2 is 1.86 bits per heavy atom. The van der Waals surface area contributed by atoms with E-state index in [1.54, 1.807) is 0 Å². The van der Waals surface area contributed by atoms with Crippen molar-refractivity contribution in [2.75, 3.05) is 39.8 Å². The molecule has 2 saturated heterocycles. The molecule has 1 atom stereocenters. The number of nitrogens with one attached hydrogen (secondary N) is 1. The summed E-state index contributed by atoms with van der Waals surface area (Å²) in [6.07, 6.45) is 1.62. The second kappa shape index (κ2) is 8.61. The Morgan fingerprint density at radius 3 is 2.61 bits per heavy atom. The number of piperazine rings is 1. The van der Waals surface area contributed by atoms with E-state index in [9.17, 15) is 4.79 Å². The summed E-state index contributed by atoms with van der Waals surface area (Å²) in [4.78, 5) is 21.1. The number of carbonyl (C=O) groups excluding carboxylic acids is 1. The predicted molar refractivity (Wildman–Crippen MR) is 111 cm³/mol. The molecule has 0 aliphatic carbocycles. The lowest BCUT2D eigenvalue weighted by atomic mass is 10.0. The van der Waals surface area contributed by atoms with Crippen LogP contribution in [0.25, 0.3) is 10.8 Å². The largest absolute Gasteiger partial charge is 0.368 e. The number of amides is 1. The third kappa shape index (κ3) is 3.97. The molecule has 0 bridgehead atoms. The summed E-state index contributed by atoms with van der Waals surface area (Å²) in [5.74, 6) is 1.04. The van der Waals surface area contributed by atoms with Gasteiger partial charge in [-0.05, 0) is 29.2 Å². The Morgan fingerprint density at radius 1 is 1.11 bits per heavy atom. The van der Waals surface area contributed by atoms with Crippen molar-refractivity contribution in [3.05, 3.63) is 48.0 Å². The van der Waals surface area contributed by atoms with Crippen molar-refractivity contribution in [1.29, 1.82) is 0 Å². The lowest BCUT2D eigenvalue weighted by molar-refractivity contribution is -0.142. The molecule has 1 unspecified atom stereocenters. The molecular weight excluding hydrogens is 352 g/mol. The maximum absolute atomic E-state index is 12.5. The number of hydrogen-bond acceptors (Lipinski definition) is 3. The van der Waals surface area contributed by atoms with Gasteiger partial charge in [0.25, 0.3) is 5.91 Å². The molecule has 0 spiro atoms. The highest BCUT2D eigenvalue weighted by molar-refractivity contribution is 5.87. The zero-order valence-electron chi connectivity index (χ0n) is 16.4. The molecule has 2 aromatic rings. The summed E-state index contributed by atoms with van der Waals surface area (Å²) in [7, 11) is 1.81. The fraction of sp³-hybridized carbons (Fsp3) is 0.455. The molecular formula is C22H28N4O2. The van der Waals surface area contributed by atoms with E-state index < -0.39 is 0 Å². The average molecular weight is 380 g/mol. The van der Waals surface area contributed by atoms with Gasteiger partial charge in [0.15, 0.2) is 5.96 Å². The number of carbonyl (C=O) groups is 1. The van der Waals surface area contributed by atoms with Crippen molar-refractivity contribution >= 4 is 22.6 Å². The van der Waals surface area contributed by atoms with Crippen molar-refractivity contribution in [1.82, 2.24) is 15.1 Å². The van der Waals surface area contributed by atoms with Gasteiger partial charge in [0.05, 0.1) is 0 Å². The third-order valence-corrected chi connectivity index (χ3v) is 5.62. The van der Waals surface area contributed by atoms with Gasteiger partial charge in [-0.1, -0.05) is 42.5 Å². The van der Waals surface area contributed by atoms with E-state index in [4.69, 9.17) is 4.74 Å². The molecule has 2 fully saturated rings. The SMILES string of the molecule is CN=C(NCc1cccc2ccccc12)N1CCN(C(=O)C2CCCO2)CC1. The van der Waals surface area contributed by atoms with E-state index in [1.807, 2.05) is 11.9 Å². The second-order valence-electron chi connectivity index (χ2n) is 7.35. The first-order chi connectivity index (χ1) is 13.8. The van der Waals surface area contributed by atoms with Gasteiger partial charge in [0, 0.05) is 46.4 Å². The third-order valence-electron chi connectivity index (χ3n) is 5.62. The van der Waals surface area contributed by atoms with Crippen LogP contribution in [-0.4, -0.2) is 67.6 Å². The van der Waals surface area contributed by atoms with Gasteiger partial charge in [-0.3, -0.25) is 9.79 Å². The monoisotopic (exact) mass is 380 g/mol. The molecule has 28 heavy (non-hydrogen) atoms. The minimum Gasteiger partial charge on any atom is -0.368 e. The molecule has 2 aromatic carbocycles. The number of nitrogens with zero attached hydrogens (tertiary/aromatic N) is 3. The summed E-state index contributed by atoms with van der Waals surface area (Å²) in [6.45, 7) is 4.44. The lowest BCUT2D eigenvalue weighted by Crippen LogP contribution is -2.55. The van der Waals surface area contributed by atoms with Gasteiger partial charge < -0.3 is 19.9 Å². The molecule has 6 nitrogen and oxygen atoms in total. The fourth-order valence-corrected chi connectivity index (χ4v) is 4.07. The van der Waals surface area contributed by atoms with Gasteiger partial charge >= 0.3 is 0 Å². The maximum atomic E-state index is 12.5. The standard InChI is InChI=1S/C22H28N4O2/c1-23-22(24-16-18-8-4-7-17-6-2-3-9-19(17)18)26-13-11-25(12-14-26)21(27)20-10-5-15-28-20/h2-4,6-9,20H,5,10-16H2,1H3,(H,23,24). The predicted octanol–water partition coefficient (Wildman–Crippen LogP) is 2.24. The zero-order valence-corrected chi connectivity index (χ0v) is 16.4. The normalized spacial score (nSPS) is 20.6. The van der Waals surface area contributed by atoms with Crippen LogP contribution in [0.3, 0.4) is 0 Å². The van der Waals surface area contributed by atoms with Crippen LogP contribution in [0.5, 0.6) is 0 Å². The molecule has 2 aliphatic rings. The van der Waals surface area contributed by atoms with Crippen molar-refractivity contribution in [3.8, 4) is 0 Å². The molecule has 2 aliphatic heterocycles. The highest BCUT2D eigenvalue weighted by Crippen LogP contribution is 2.19.